The Balaban J connectivity index is 2.05. The van der Waals surface area contributed by atoms with Crippen LogP contribution in [0.1, 0.15) is 0 Å². The fourth-order valence-electron chi connectivity index (χ4n) is 1.62. The molecule has 0 amide bonds. The molecule has 1 fully saturated rings. The molecule has 0 aliphatic carbocycles. The van der Waals surface area contributed by atoms with Crippen molar-refractivity contribution in [1.82, 2.24) is 4.31 Å². The summed E-state index contributed by atoms with van der Waals surface area (Å²) in [6, 6.07) is 7.35. The maximum absolute atomic E-state index is 9.16. The predicted molar refractivity (Wildman–Crippen MR) is 60.9 cm³/mol. The lowest BCUT2D eigenvalue weighted by Gasteiger charge is -2.33. The van der Waals surface area contributed by atoms with Crippen molar-refractivity contribution in [3.8, 4) is 5.75 Å². The van der Waals surface area contributed by atoms with Gasteiger partial charge in [0.2, 0.25) is 0 Å². The Morgan fingerprint density at radius 3 is 2.14 bits per heavy atom. The number of hydrogen-bond acceptors (Lipinski definition) is 4. The van der Waals surface area contributed by atoms with Crippen LogP contribution in [0, 0.1) is 0 Å². The fraction of sp³-hybridized carbons (Fsp3) is 0.400. The van der Waals surface area contributed by atoms with Gasteiger partial charge in [-0.3, -0.25) is 0 Å². The van der Waals surface area contributed by atoms with Crippen molar-refractivity contribution in [2.45, 2.75) is 0 Å². The van der Waals surface area contributed by atoms with Crippen molar-refractivity contribution >= 4 is 18.5 Å². The van der Waals surface area contributed by atoms with Crippen LogP contribution >= 0.6 is 12.8 Å². The summed E-state index contributed by atoms with van der Waals surface area (Å²) in [4.78, 5) is 2.30. The van der Waals surface area contributed by atoms with Crippen LogP contribution in [0.5, 0.6) is 5.75 Å². The van der Waals surface area contributed by atoms with E-state index < -0.39 is 0 Å². The Bertz CT molecular complexity index is 293. The lowest BCUT2D eigenvalue weighted by atomic mass is 10.2. The van der Waals surface area contributed by atoms with Crippen LogP contribution in [0.4, 0.5) is 5.69 Å². The second-order valence-electron chi connectivity index (χ2n) is 3.46. The van der Waals surface area contributed by atoms with Crippen LogP contribution in [-0.4, -0.2) is 35.6 Å². The zero-order valence-corrected chi connectivity index (χ0v) is 8.82. The number of nitrogens with zero attached hydrogens (tertiary/aromatic N) is 2. The molecule has 1 N–H and O–H groups in total. The van der Waals surface area contributed by atoms with Crippen LogP contribution in [0.2, 0.25) is 0 Å². The summed E-state index contributed by atoms with van der Waals surface area (Å²) in [6.45, 7) is 3.94. The molecule has 0 unspecified atom stereocenters. The highest BCUT2D eigenvalue weighted by atomic mass is 32.1. The Labute approximate surface area is 89.5 Å². The van der Waals surface area contributed by atoms with E-state index in [0.717, 1.165) is 26.2 Å². The Morgan fingerprint density at radius 1 is 1.00 bits per heavy atom. The Morgan fingerprint density at radius 2 is 1.57 bits per heavy atom. The molecule has 3 nitrogen and oxygen atoms in total. The van der Waals surface area contributed by atoms with E-state index in [4.69, 9.17) is 5.11 Å². The number of phenolic OH excluding ortho intramolecular Hbond substituents is 1. The monoisotopic (exact) mass is 210 g/mol. The van der Waals surface area contributed by atoms with E-state index in [9.17, 15) is 0 Å². The number of rotatable bonds is 1. The highest BCUT2D eigenvalue weighted by molar-refractivity contribution is 7.77. The highest BCUT2D eigenvalue weighted by Crippen LogP contribution is 2.19. The third kappa shape index (κ3) is 2.13. The average molecular weight is 210 g/mol. The second kappa shape index (κ2) is 4.11. The molecule has 0 spiro atoms. The standard InChI is InChI=1S/C10H14N2OS/c13-10-3-1-9(2-4-10)11-5-7-12(14)8-6-11/h1-4,13-14H,5-8H2. The van der Waals surface area contributed by atoms with Gasteiger partial charge < -0.3 is 10.0 Å². The smallest absolute Gasteiger partial charge is 0.115 e. The van der Waals surface area contributed by atoms with E-state index in [1.165, 1.54) is 5.69 Å². The molecule has 4 heteroatoms. The van der Waals surface area contributed by atoms with E-state index in [0.29, 0.717) is 5.75 Å². The molecule has 0 atom stereocenters. The third-order valence-corrected chi connectivity index (χ3v) is 2.87. The number of anilines is 1. The summed E-state index contributed by atoms with van der Waals surface area (Å²) in [7, 11) is 0. The van der Waals surface area contributed by atoms with E-state index in [1.54, 1.807) is 12.1 Å². The molecule has 0 saturated carbocycles. The van der Waals surface area contributed by atoms with Gasteiger partial charge in [0.15, 0.2) is 0 Å². The van der Waals surface area contributed by atoms with E-state index in [2.05, 4.69) is 17.7 Å². The van der Waals surface area contributed by atoms with Crippen LogP contribution in [0.15, 0.2) is 24.3 Å². The number of phenols is 1. The van der Waals surface area contributed by atoms with Gasteiger partial charge in [-0.25, -0.2) is 4.31 Å². The maximum atomic E-state index is 9.16. The summed E-state index contributed by atoms with van der Waals surface area (Å²) in [5, 5.41) is 9.16. The molecule has 76 valence electrons. The molecule has 1 aliphatic heterocycles. The Hall–Kier alpha value is -0.870. The first-order chi connectivity index (χ1) is 6.75. The SMILES string of the molecule is Oc1ccc(N2CCN(S)CC2)cc1. The van der Waals surface area contributed by atoms with Crippen LogP contribution in [0.3, 0.4) is 0 Å². The zero-order valence-electron chi connectivity index (χ0n) is 7.93. The number of thiol groups is 1. The number of hydrogen-bond donors (Lipinski definition) is 2. The first-order valence-electron chi connectivity index (χ1n) is 4.73. The zero-order chi connectivity index (χ0) is 9.97. The van der Waals surface area contributed by atoms with Gasteiger partial charge in [0.05, 0.1) is 0 Å². The van der Waals surface area contributed by atoms with Gasteiger partial charge in [0.25, 0.3) is 0 Å². The van der Waals surface area contributed by atoms with Crippen molar-refractivity contribution in [3.05, 3.63) is 24.3 Å². The molecule has 0 radical (unpaired) electrons. The third-order valence-electron chi connectivity index (χ3n) is 2.47. The molecule has 1 saturated heterocycles. The average Bonchev–Trinajstić information content (AvgIpc) is 2.21. The molecule has 1 heterocycles. The van der Waals surface area contributed by atoms with Crippen molar-refractivity contribution < 1.29 is 5.11 Å². The fourth-order valence-corrected chi connectivity index (χ4v) is 1.80. The number of piperazine rings is 1. The normalized spacial score (nSPS) is 18.5. The molecule has 2 rings (SSSR count). The largest absolute Gasteiger partial charge is 0.508 e. The maximum Gasteiger partial charge on any atom is 0.115 e. The minimum Gasteiger partial charge on any atom is -0.508 e. The van der Waals surface area contributed by atoms with Gasteiger partial charge >= 0.3 is 0 Å². The van der Waals surface area contributed by atoms with Crippen molar-refractivity contribution in [3.63, 3.8) is 0 Å². The first-order valence-corrected chi connectivity index (χ1v) is 5.13. The first kappa shape index (κ1) is 9.68. The van der Waals surface area contributed by atoms with Gasteiger partial charge in [-0.05, 0) is 24.3 Å². The molecule has 1 aromatic carbocycles. The lowest BCUT2D eigenvalue weighted by Crippen LogP contribution is -2.42. The second-order valence-corrected chi connectivity index (χ2v) is 4.02. The van der Waals surface area contributed by atoms with Gasteiger partial charge in [-0.15, -0.1) is 0 Å². The molecular formula is C10H14N2OS. The number of aromatic hydroxyl groups is 1. The summed E-state index contributed by atoms with van der Waals surface area (Å²) >= 11 is 4.30. The minimum absolute atomic E-state index is 0.321. The molecule has 14 heavy (non-hydrogen) atoms. The predicted octanol–water partition coefficient (Wildman–Crippen LogP) is 1.36. The van der Waals surface area contributed by atoms with Gasteiger partial charge in [0.1, 0.15) is 5.75 Å². The topological polar surface area (TPSA) is 26.7 Å². The lowest BCUT2D eigenvalue weighted by molar-refractivity contribution is 0.434. The number of benzene rings is 1. The summed E-state index contributed by atoms with van der Waals surface area (Å²) in [5.41, 5.74) is 1.17. The van der Waals surface area contributed by atoms with Gasteiger partial charge in [-0.2, -0.15) is 0 Å². The van der Waals surface area contributed by atoms with Gasteiger partial charge in [-0.1, -0.05) is 12.8 Å². The molecule has 1 aromatic rings. The van der Waals surface area contributed by atoms with E-state index >= 15 is 0 Å². The van der Waals surface area contributed by atoms with Crippen molar-refractivity contribution in [1.29, 1.82) is 0 Å². The molecular weight excluding hydrogens is 196 g/mol. The Kier molecular flexibility index (Phi) is 2.84. The van der Waals surface area contributed by atoms with Crippen LogP contribution < -0.4 is 4.90 Å². The van der Waals surface area contributed by atoms with Crippen LogP contribution in [-0.2, 0) is 0 Å². The minimum atomic E-state index is 0.321. The highest BCUT2D eigenvalue weighted by Gasteiger charge is 2.14. The molecule has 0 bridgehead atoms. The molecule has 1 aliphatic rings. The summed E-state index contributed by atoms with van der Waals surface area (Å²) in [5.74, 6) is 0.321. The van der Waals surface area contributed by atoms with Crippen molar-refractivity contribution in [2.75, 3.05) is 31.1 Å². The summed E-state index contributed by atoms with van der Waals surface area (Å²) in [6.07, 6.45) is 0. The van der Waals surface area contributed by atoms with E-state index in [1.807, 2.05) is 16.4 Å². The van der Waals surface area contributed by atoms with E-state index in [-0.39, 0.29) is 0 Å². The van der Waals surface area contributed by atoms with Crippen molar-refractivity contribution in [2.24, 2.45) is 0 Å². The van der Waals surface area contributed by atoms with Gasteiger partial charge in [0, 0.05) is 31.9 Å². The quantitative estimate of drug-likeness (QED) is 0.685. The van der Waals surface area contributed by atoms with Crippen LogP contribution in [0.25, 0.3) is 0 Å². The summed E-state index contributed by atoms with van der Waals surface area (Å²) < 4.78 is 2.02. The molecule has 0 aromatic heterocycles.